The minimum absolute atomic E-state index is 0. The zero-order chi connectivity index (χ0) is 0. The van der Waals surface area contributed by atoms with Crippen LogP contribution in [0.4, 0.5) is 0 Å². The molecule has 58 valence electrons. The van der Waals surface area contributed by atoms with Crippen LogP contribution in [0.25, 0.3) is 0 Å². The molecule has 0 unspecified atom stereocenters. The van der Waals surface area contributed by atoms with Gasteiger partial charge in [0.25, 0.3) is 0 Å². The molecule has 0 atom stereocenters. The van der Waals surface area contributed by atoms with E-state index < -0.39 is 0 Å². The first-order chi connectivity index (χ1) is 0. The predicted molar refractivity (Wildman–Crippen MR) is 2.75 cm³/mol. The van der Waals surface area contributed by atoms with Crippen LogP contribution in [-0.4, -0.2) is 0 Å². The summed E-state index contributed by atoms with van der Waals surface area (Å²) in [5.74, 6) is 0. The first-order valence-electron chi connectivity index (χ1n) is 0. The average molecular weight is 376 g/mol. The molecule has 0 amide bonds. The second kappa shape index (κ2) is 97.5. The number of hydrogen-bond donors (Lipinski definition) is 0. The fraction of sp³-hybridized carbons (Fsp3) is 0. The van der Waals surface area contributed by atoms with E-state index in [1.165, 1.54) is 0 Å². The molecule has 0 saturated heterocycles. The standard InChI is InChI=1S/2Ag.Mo.4O/q2*+1;;4*-2. The van der Waals surface area contributed by atoms with Crippen LogP contribution in [0, 0.1) is 0 Å². The smallest absolute Gasteiger partial charge is 1.00 e. The van der Waals surface area contributed by atoms with E-state index >= 15 is 0 Å². The third-order valence-corrected chi connectivity index (χ3v) is 0. The van der Waals surface area contributed by atoms with Crippen molar-refractivity contribution >= 4 is 0 Å². The minimum atomic E-state index is 0. The maximum Gasteiger partial charge on any atom is 1.00 e. The molecule has 0 aromatic heterocycles. The Kier molecular flexibility index (Phi) is 1990. The van der Waals surface area contributed by atoms with Crippen molar-refractivity contribution in [3.05, 3.63) is 0 Å². The van der Waals surface area contributed by atoms with Gasteiger partial charge in [0.2, 0.25) is 0 Å². The van der Waals surface area contributed by atoms with Crippen LogP contribution in [0.1, 0.15) is 0 Å². The fourth-order valence-electron chi connectivity index (χ4n) is 0. The fourth-order valence-corrected chi connectivity index (χ4v) is 0. The van der Waals surface area contributed by atoms with Crippen LogP contribution < -0.4 is 0 Å². The second-order valence-corrected chi connectivity index (χ2v) is 0. The molecule has 4 nitrogen and oxygen atoms in total. The van der Waals surface area contributed by atoms with Gasteiger partial charge in [-0.15, -0.1) is 0 Å². The van der Waals surface area contributed by atoms with Crippen LogP contribution in [0.3, 0.4) is 0 Å². The maximum absolute atomic E-state index is 0. The van der Waals surface area contributed by atoms with Crippen molar-refractivity contribution in [2.75, 3.05) is 0 Å². The summed E-state index contributed by atoms with van der Waals surface area (Å²) in [6.45, 7) is 0. The molecule has 0 saturated carbocycles. The van der Waals surface area contributed by atoms with E-state index in [1.54, 1.807) is 0 Å². The summed E-state index contributed by atoms with van der Waals surface area (Å²) < 4.78 is 0. The molecular formula is Ag2MoO4-6. The Morgan fingerprint density at radius 2 is 0.429 bits per heavy atom. The quantitative estimate of drug-likeness (QED) is 0.509. The third-order valence-electron chi connectivity index (χ3n) is 0. The Labute approximate surface area is 86.9 Å². The Balaban J connectivity index is 0. The summed E-state index contributed by atoms with van der Waals surface area (Å²) in [6.07, 6.45) is 0. The summed E-state index contributed by atoms with van der Waals surface area (Å²) >= 11 is 0. The van der Waals surface area contributed by atoms with E-state index in [0.717, 1.165) is 0 Å². The van der Waals surface area contributed by atoms with Crippen LogP contribution in [0.15, 0.2) is 0 Å². The molecule has 0 fully saturated rings. The molecule has 0 radical (unpaired) electrons. The molecule has 0 aliphatic carbocycles. The zero-order valence-corrected chi connectivity index (χ0v) is 7.62. The van der Waals surface area contributed by atoms with Gasteiger partial charge in [0.05, 0.1) is 0 Å². The molecule has 0 heterocycles. The summed E-state index contributed by atoms with van der Waals surface area (Å²) in [5.41, 5.74) is 0. The van der Waals surface area contributed by atoms with Gasteiger partial charge >= 0.3 is 44.8 Å². The van der Waals surface area contributed by atoms with Crippen LogP contribution >= 0.6 is 0 Å². The normalized spacial score (nSPS) is 0. The Hall–Kier alpha value is 2.01. The van der Waals surface area contributed by atoms with Crippen molar-refractivity contribution in [2.45, 2.75) is 0 Å². The molecule has 7 heteroatoms. The van der Waals surface area contributed by atoms with E-state index in [-0.39, 0.29) is 87.7 Å². The topological polar surface area (TPSA) is 114 Å². The van der Waals surface area contributed by atoms with E-state index in [0.29, 0.717) is 0 Å². The average Bonchev–Trinajstić information content (AvgIpc) is 0. The molecule has 0 aromatic rings. The van der Waals surface area contributed by atoms with Crippen molar-refractivity contribution in [1.82, 2.24) is 0 Å². The maximum atomic E-state index is 0. The van der Waals surface area contributed by atoms with Crippen molar-refractivity contribution in [1.29, 1.82) is 0 Å². The van der Waals surface area contributed by atoms with Gasteiger partial charge in [-0.1, -0.05) is 0 Å². The van der Waals surface area contributed by atoms with E-state index in [2.05, 4.69) is 0 Å². The van der Waals surface area contributed by atoms with Crippen molar-refractivity contribution < 1.29 is 87.7 Å². The van der Waals surface area contributed by atoms with Gasteiger partial charge in [-0.3, -0.25) is 0 Å². The summed E-state index contributed by atoms with van der Waals surface area (Å²) in [4.78, 5) is 0. The van der Waals surface area contributed by atoms with E-state index in [4.69, 9.17) is 0 Å². The van der Waals surface area contributed by atoms with E-state index in [1.807, 2.05) is 0 Å². The van der Waals surface area contributed by atoms with Crippen LogP contribution in [0.5, 0.6) is 0 Å². The molecule has 0 aliphatic rings. The Bertz CT molecular complexity index is 9.65. The molecule has 7 heavy (non-hydrogen) atoms. The van der Waals surface area contributed by atoms with Gasteiger partial charge in [-0.25, -0.2) is 0 Å². The van der Waals surface area contributed by atoms with Crippen molar-refractivity contribution in [2.24, 2.45) is 0 Å². The molecular weight excluding hydrogens is 376 g/mol. The van der Waals surface area contributed by atoms with Gasteiger partial charge in [0.1, 0.15) is 0 Å². The summed E-state index contributed by atoms with van der Waals surface area (Å²) in [7, 11) is 0. The first-order valence-corrected chi connectivity index (χ1v) is 0. The number of hydrogen-bond acceptors (Lipinski definition) is 0. The van der Waals surface area contributed by atoms with Crippen molar-refractivity contribution in [3.8, 4) is 0 Å². The Morgan fingerprint density at radius 1 is 0.429 bits per heavy atom. The van der Waals surface area contributed by atoms with Gasteiger partial charge in [0, 0.05) is 21.1 Å². The monoisotopic (exact) mass is 376 g/mol. The second-order valence-electron chi connectivity index (χ2n) is 0. The van der Waals surface area contributed by atoms with Crippen LogP contribution in [-0.2, 0) is 87.7 Å². The Morgan fingerprint density at radius 3 is 0.429 bits per heavy atom. The van der Waals surface area contributed by atoms with E-state index in [9.17, 15) is 0 Å². The van der Waals surface area contributed by atoms with Crippen molar-refractivity contribution in [3.63, 3.8) is 0 Å². The van der Waals surface area contributed by atoms with Gasteiger partial charge in [-0.2, -0.15) is 0 Å². The minimum Gasteiger partial charge on any atom is -2.00 e. The third kappa shape index (κ3) is 71.7. The molecule has 0 spiro atoms. The molecule has 0 bridgehead atoms. The zero-order valence-electron chi connectivity index (χ0n) is 2.64. The van der Waals surface area contributed by atoms with Crippen LogP contribution in [0.2, 0.25) is 0 Å². The van der Waals surface area contributed by atoms with Gasteiger partial charge in [-0.05, 0) is 0 Å². The SMILES string of the molecule is [Ag+].[Ag+].[Mo].[O-2].[O-2].[O-2].[O-2]. The molecule has 0 N–H and O–H groups in total. The largest absolute Gasteiger partial charge is 2.00 e. The predicted octanol–water partition coefficient (Wildman–Crippen LogP) is -0.483. The molecule has 0 rings (SSSR count). The van der Waals surface area contributed by atoms with Gasteiger partial charge in [0.15, 0.2) is 0 Å². The summed E-state index contributed by atoms with van der Waals surface area (Å²) in [6, 6.07) is 0. The first kappa shape index (κ1) is 143. The number of rotatable bonds is 0. The molecule has 0 aliphatic heterocycles. The summed E-state index contributed by atoms with van der Waals surface area (Å²) in [5, 5.41) is 0. The molecule has 0 aromatic carbocycles. The van der Waals surface area contributed by atoms with Gasteiger partial charge < -0.3 is 21.9 Å².